The Morgan fingerprint density at radius 1 is 1.04 bits per heavy atom. The fourth-order valence-corrected chi connectivity index (χ4v) is 2.69. The predicted molar refractivity (Wildman–Crippen MR) is 95.1 cm³/mol. The normalized spacial score (nSPS) is 11.0. The third-order valence-corrected chi connectivity index (χ3v) is 3.98. The van der Waals surface area contributed by atoms with Gasteiger partial charge in [-0.2, -0.15) is 0 Å². The molecule has 0 bridgehead atoms. The molecule has 2 rings (SSSR count). The molecule has 0 fully saturated rings. The van der Waals surface area contributed by atoms with Crippen LogP contribution < -0.4 is 15.4 Å². The third-order valence-electron chi connectivity index (χ3n) is 3.37. The highest BCUT2D eigenvalue weighted by atomic mass is 32.2. The zero-order valence-electron chi connectivity index (χ0n) is 14.0. The van der Waals surface area contributed by atoms with Gasteiger partial charge in [-0.3, -0.25) is 4.72 Å². The zero-order valence-corrected chi connectivity index (χ0v) is 14.8. The quantitative estimate of drug-likeness (QED) is 0.735. The number of sulfonamides is 1. The van der Waals surface area contributed by atoms with Crippen molar-refractivity contribution in [3.63, 3.8) is 0 Å². The lowest BCUT2D eigenvalue weighted by molar-refractivity contribution is 0.240. The van der Waals surface area contributed by atoms with E-state index in [0.717, 1.165) is 11.8 Å². The fraction of sp³-hybridized carbons (Fsp3) is 0.235. The summed E-state index contributed by atoms with van der Waals surface area (Å²) in [6.07, 6.45) is 1.07. The maximum atomic E-state index is 13.5. The minimum atomic E-state index is -3.35. The van der Waals surface area contributed by atoms with Crippen molar-refractivity contribution in [1.82, 2.24) is 10.6 Å². The van der Waals surface area contributed by atoms with E-state index in [2.05, 4.69) is 15.4 Å². The second-order valence-electron chi connectivity index (χ2n) is 5.69. The van der Waals surface area contributed by atoms with Crippen LogP contribution in [-0.2, 0) is 23.1 Å². The Bertz CT molecular complexity index is 869. The Morgan fingerprint density at radius 2 is 1.68 bits per heavy atom. The van der Waals surface area contributed by atoms with Crippen LogP contribution in [0.5, 0.6) is 0 Å². The van der Waals surface area contributed by atoms with Crippen LogP contribution in [0.3, 0.4) is 0 Å². The molecule has 8 heteroatoms. The van der Waals surface area contributed by atoms with Gasteiger partial charge in [-0.15, -0.1) is 0 Å². The minimum Gasteiger partial charge on any atom is -0.334 e. The molecule has 0 saturated carbocycles. The lowest BCUT2D eigenvalue weighted by Crippen LogP contribution is -2.34. The van der Waals surface area contributed by atoms with Gasteiger partial charge in [0, 0.05) is 18.8 Å². The molecule has 134 valence electrons. The molecule has 2 aromatic rings. The van der Waals surface area contributed by atoms with E-state index in [1.54, 1.807) is 43.3 Å². The number of nitrogens with one attached hydrogen (secondary N) is 3. The second kappa shape index (κ2) is 7.98. The van der Waals surface area contributed by atoms with Gasteiger partial charge >= 0.3 is 6.03 Å². The molecule has 6 nitrogen and oxygen atoms in total. The summed E-state index contributed by atoms with van der Waals surface area (Å²) in [4.78, 5) is 11.8. The number of anilines is 1. The Balaban J connectivity index is 1.85. The SMILES string of the molecule is Cc1ccc(CNC(=O)NCc2cccc(NS(C)(=O)=O)c2)cc1F. The van der Waals surface area contributed by atoms with Crippen molar-refractivity contribution in [2.75, 3.05) is 11.0 Å². The van der Waals surface area contributed by atoms with Crippen LogP contribution >= 0.6 is 0 Å². The largest absolute Gasteiger partial charge is 0.334 e. The molecule has 0 radical (unpaired) electrons. The van der Waals surface area contributed by atoms with Crippen molar-refractivity contribution in [3.8, 4) is 0 Å². The van der Waals surface area contributed by atoms with Gasteiger partial charge in [-0.1, -0.05) is 24.3 Å². The van der Waals surface area contributed by atoms with Gasteiger partial charge in [-0.25, -0.2) is 17.6 Å². The van der Waals surface area contributed by atoms with Crippen molar-refractivity contribution in [3.05, 3.63) is 65.0 Å². The van der Waals surface area contributed by atoms with E-state index in [9.17, 15) is 17.6 Å². The number of amides is 2. The molecule has 0 atom stereocenters. The lowest BCUT2D eigenvalue weighted by Gasteiger charge is -2.10. The Morgan fingerprint density at radius 3 is 2.28 bits per heavy atom. The van der Waals surface area contributed by atoms with E-state index in [4.69, 9.17) is 0 Å². The third kappa shape index (κ3) is 6.42. The van der Waals surface area contributed by atoms with Gasteiger partial charge in [0.25, 0.3) is 0 Å². The van der Waals surface area contributed by atoms with Gasteiger partial charge in [-0.05, 0) is 41.8 Å². The topological polar surface area (TPSA) is 87.3 Å². The zero-order chi connectivity index (χ0) is 18.4. The number of halogens is 1. The highest BCUT2D eigenvalue weighted by Gasteiger charge is 2.05. The van der Waals surface area contributed by atoms with E-state index in [1.165, 1.54) is 6.07 Å². The van der Waals surface area contributed by atoms with Crippen molar-refractivity contribution in [2.24, 2.45) is 0 Å². The maximum absolute atomic E-state index is 13.5. The minimum absolute atomic E-state index is 0.207. The summed E-state index contributed by atoms with van der Waals surface area (Å²) in [7, 11) is -3.35. The predicted octanol–water partition coefficient (Wildman–Crippen LogP) is 2.51. The van der Waals surface area contributed by atoms with Crippen LogP contribution in [-0.4, -0.2) is 20.7 Å². The molecule has 0 aliphatic rings. The number of urea groups is 1. The van der Waals surface area contributed by atoms with Crippen LogP contribution in [0.1, 0.15) is 16.7 Å². The number of carbonyl (C=O) groups is 1. The smallest absolute Gasteiger partial charge is 0.315 e. The number of carbonyl (C=O) groups excluding carboxylic acids is 1. The van der Waals surface area contributed by atoms with Crippen LogP contribution in [0.4, 0.5) is 14.9 Å². The molecule has 0 aliphatic carbocycles. The molecule has 25 heavy (non-hydrogen) atoms. The molecule has 0 aliphatic heterocycles. The molecule has 0 heterocycles. The summed E-state index contributed by atoms with van der Waals surface area (Å²) >= 11 is 0. The van der Waals surface area contributed by atoms with Gasteiger partial charge in [0.1, 0.15) is 5.82 Å². The Kier molecular flexibility index (Phi) is 5.97. The number of rotatable bonds is 6. The fourth-order valence-electron chi connectivity index (χ4n) is 2.13. The number of benzene rings is 2. The van der Waals surface area contributed by atoms with Crippen molar-refractivity contribution >= 4 is 21.7 Å². The Labute approximate surface area is 146 Å². The Hall–Kier alpha value is -2.61. The lowest BCUT2D eigenvalue weighted by atomic mass is 10.1. The first-order valence-electron chi connectivity index (χ1n) is 7.56. The molecular weight excluding hydrogens is 345 g/mol. The average Bonchev–Trinajstić information content (AvgIpc) is 2.53. The highest BCUT2D eigenvalue weighted by Crippen LogP contribution is 2.12. The van der Waals surface area contributed by atoms with Crippen LogP contribution in [0.2, 0.25) is 0 Å². The number of hydrogen-bond acceptors (Lipinski definition) is 3. The summed E-state index contributed by atoms with van der Waals surface area (Å²) in [6, 6.07) is 11.1. The molecule has 3 N–H and O–H groups in total. The maximum Gasteiger partial charge on any atom is 0.315 e. The molecule has 0 unspecified atom stereocenters. The van der Waals surface area contributed by atoms with E-state index in [-0.39, 0.29) is 18.9 Å². The second-order valence-corrected chi connectivity index (χ2v) is 7.44. The average molecular weight is 365 g/mol. The van der Waals surface area contributed by atoms with E-state index >= 15 is 0 Å². The molecular formula is C17H20FN3O3S. The summed E-state index contributed by atoms with van der Waals surface area (Å²) in [5, 5.41) is 5.30. The first-order valence-corrected chi connectivity index (χ1v) is 9.45. The summed E-state index contributed by atoms with van der Waals surface area (Å²) in [5.74, 6) is -0.310. The van der Waals surface area contributed by atoms with E-state index in [0.29, 0.717) is 16.8 Å². The molecule has 2 amide bonds. The summed E-state index contributed by atoms with van der Waals surface area (Å²) < 4.78 is 38.3. The first kappa shape index (κ1) is 18.7. The van der Waals surface area contributed by atoms with Crippen LogP contribution in [0, 0.1) is 12.7 Å². The number of hydrogen-bond donors (Lipinski definition) is 3. The van der Waals surface area contributed by atoms with Crippen LogP contribution in [0.15, 0.2) is 42.5 Å². The van der Waals surface area contributed by atoms with Crippen LogP contribution in [0.25, 0.3) is 0 Å². The van der Waals surface area contributed by atoms with Gasteiger partial charge < -0.3 is 10.6 Å². The summed E-state index contributed by atoms with van der Waals surface area (Å²) in [5.41, 5.74) is 2.39. The van der Waals surface area contributed by atoms with Crippen molar-refractivity contribution < 1.29 is 17.6 Å². The standard InChI is InChI=1S/C17H20FN3O3S/c1-12-6-7-14(9-16(12)18)11-20-17(22)19-10-13-4-3-5-15(8-13)21-25(2,23)24/h3-9,21H,10-11H2,1-2H3,(H2,19,20,22). The molecule has 2 aromatic carbocycles. The van der Waals surface area contributed by atoms with Crippen molar-refractivity contribution in [1.29, 1.82) is 0 Å². The summed E-state index contributed by atoms with van der Waals surface area (Å²) in [6.45, 7) is 2.11. The van der Waals surface area contributed by atoms with E-state index in [1.807, 2.05) is 0 Å². The van der Waals surface area contributed by atoms with Gasteiger partial charge in [0.05, 0.1) is 6.26 Å². The monoisotopic (exact) mass is 365 g/mol. The molecule has 0 aromatic heterocycles. The number of aryl methyl sites for hydroxylation is 1. The van der Waals surface area contributed by atoms with Crippen molar-refractivity contribution in [2.45, 2.75) is 20.0 Å². The first-order chi connectivity index (χ1) is 11.7. The highest BCUT2D eigenvalue weighted by molar-refractivity contribution is 7.92. The molecule has 0 spiro atoms. The molecule has 0 saturated heterocycles. The van der Waals surface area contributed by atoms with E-state index < -0.39 is 16.1 Å². The van der Waals surface area contributed by atoms with Gasteiger partial charge in [0.2, 0.25) is 10.0 Å². The van der Waals surface area contributed by atoms with Gasteiger partial charge in [0.15, 0.2) is 0 Å².